The number of H-pyrrole nitrogens is 1. The van der Waals surface area contributed by atoms with Gasteiger partial charge in [0.25, 0.3) is 0 Å². The maximum absolute atomic E-state index is 10.5. The number of Topliss-reactive ketones (excluding diaryl/α,β-unsaturated/α-hetero) is 1. The third kappa shape index (κ3) is 2.88. The number of carbonyl (C=O) groups is 1. The fraction of sp³-hybridized carbons (Fsp3) is 0.667. The van der Waals surface area contributed by atoms with Crippen LogP contribution in [0.1, 0.15) is 25.6 Å². The average molecular weight is 154 g/mol. The minimum Gasteiger partial charge on any atom is -0.300 e. The van der Waals surface area contributed by atoms with E-state index in [1.54, 1.807) is 6.92 Å². The lowest BCUT2D eigenvalue weighted by Crippen LogP contribution is -1.94. The minimum atomic E-state index is 0.202. The Morgan fingerprint density at radius 1 is 1.64 bits per heavy atom. The molecule has 0 atom stereocenters. The van der Waals surface area contributed by atoms with Crippen LogP contribution in [0.15, 0.2) is 0 Å². The van der Waals surface area contributed by atoms with Gasteiger partial charge in [0.05, 0.1) is 0 Å². The Labute approximate surface area is 64.2 Å². The molecule has 0 fully saturated rings. The molecule has 0 aliphatic rings. The van der Waals surface area contributed by atoms with Crippen molar-refractivity contribution in [1.29, 1.82) is 0 Å². The number of rotatable bonds is 4. The van der Waals surface area contributed by atoms with E-state index < -0.39 is 0 Å². The summed E-state index contributed by atoms with van der Waals surface area (Å²) in [6.45, 7) is 1.58. The highest BCUT2D eigenvalue weighted by Crippen LogP contribution is 1.96. The molecule has 5 nitrogen and oxygen atoms in total. The van der Waals surface area contributed by atoms with Gasteiger partial charge >= 0.3 is 0 Å². The van der Waals surface area contributed by atoms with Crippen LogP contribution >= 0.6 is 0 Å². The first-order valence-electron chi connectivity index (χ1n) is 3.51. The lowest BCUT2D eigenvalue weighted by molar-refractivity contribution is -0.117. The largest absolute Gasteiger partial charge is 0.300 e. The monoisotopic (exact) mass is 154 g/mol. The van der Waals surface area contributed by atoms with E-state index in [2.05, 4.69) is 20.6 Å². The molecule has 1 aromatic heterocycles. The molecule has 0 saturated carbocycles. The summed E-state index contributed by atoms with van der Waals surface area (Å²) in [5, 5.41) is 13.3. The van der Waals surface area contributed by atoms with Crippen LogP contribution in [0.4, 0.5) is 0 Å². The van der Waals surface area contributed by atoms with Gasteiger partial charge in [-0.05, 0) is 13.3 Å². The molecule has 0 radical (unpaired) electrons. The molecule has 0 spiro atoms. The van der Waals surface area contributed by atoms with E-state index in [1.165, 1.54) is 0 Å². The van der Waals surface area contributed by atoms with Crippen LogP contribution in [-0.4, -0.2) is 26.4 Å². The topological polar surface area (TPSA) is 71.5 Å². The van der Waals surface area contributed by atoms with Gasteiger partial charge in [-0.25, -0.2) is 0 Å². The van der Waals surface area contributed by atoms with Gasteiger partial charge < -0.3 is 4.79 Å². The summed E-state index contributed by atoms with van der Waals surface area (Å²) >= 11 is 0. The van der Waals surface area contributed by atoms with Crippen molar-refractivity contribution in [3.05, 3.63) is 5.82 Å². The van der Waals surface area contributed by atoms with E-state index in [9.17, 15) is 4.79 Å². The number of hydrogen-bond donors (Lipinski definition) is 1. The lowest BCUT2D eigenvalue weighted by Gasteiger charge is -1.90. The number of nitrogens with one attached hydrogen (secondary N) is 1. The van der Waals surface area contributed by atoms with E-state index in [4.69, 9.17) is 0 Å². The smallest absolute Gasteiger partial charge is 0.174 e. The molecule has 1 heterocycles. The van der Waals surface area contributed by atoms with Crippen molar-refractivity contribution < 1.29 is 4.79 Å². The molecule has 1 N–H and O–H groups in total. The van der Waals surface area contributed by atoms with Crippen molar-refractivity contribution in [2.24, 2.45) is 0 Å². The summed E-state index contributed by atoms with van der Waals surface area (Å²) in [6.07, 6.45) is 2.11. The normalized spacial score (nSPS) is 9.91. The van der Waals surface area contributed by atoms with Crippen LogP contribution in [0.25, 0.3) is 0 Å². The summed E-state index contributed by atoms with van der Waals surface area (Å²) in [5.41, 5.74) is 0. The Hall–Kier alpha value is -1.26. The first-order valence-corrected chi connectivity index (χ1v) is 3.51. The van der Waals surface area contributed by atoms with E-state index in [1.807, 2.05) is 0 Å². The molecule has 0 unspecified atom stereocenters. The van der Waals surface area contributed by atoms with Crippen LogP contribution < -0.4 is 0 Å². The number of aromatic nitrogens is 4. The number of tetrazole rings is 1. The molecule has 11 heavy (non-hydrogen) atoms. The van der Waals surface area contributed by atoms with Gasteiger partial charge in [0.15, 0.2) is 5.82 Å². The Balaban J connectivity index is 2.19. The molecule has 0 aromatic carbocycles. The maximum Gasteiger partial charge on any atom is 0.174 e. The summed E-state index contributed by atoms with van der Waals surface area (Å²) in [6, 6.07) is 0. The van der Waals surface area contributed by atoms with Gasteiger partial charge in [0, 0.05) is 12.8 Å². The second-order valence-electron chi connectivity index (χ2n) is 2.38. The zero-order valence-corrected chi connectivity index (χ0v) is 6.37. The van der Waals surface area contributed by atoms with Crippen molar-refractivity contribution in [1.82, 2.24) is 20.6 Å². The van der Waals surface area contributed by atoms with Crippen LogP contribution in [0.2, 0.25) is 0 Å². The molecule has 60 valence electrons. The molecule has 0 bridgehead atoms. The molecular formula is C6H10N4O. The summed E-state index contributed by atoms with van der Waals surface area (Å²) in [4.78, 5) is 10.5. The fourth-order valence-electron chi connectivity index (χ4n) is 0.784. The van der Waals surface area contributed by atoms with Crippen molar-refractivity contribution in [3.8, 4) is 0 Å². The first kappa shape index (κ1) is 7.84. The van der Waals surface area contributed by atoms with Crippen molar-refractivity contribution in [3.63, 3.8) is 0 Å². The van der Waals surface area contributed by atoms with Gasteiger partial charge in [-0.3, -0.25) is 0 Å². The quantitative estimate of drug-likeness (QED) is 0.668. The van der Waals surface area contributed by atoms with Crippen molar-refractivity contribution >= 4 is 5.78 Å². The summed E-state index contributed by atoms with van der Waals surface area (Å²) in [5.74, 6) is 0.875. The third-order valence-electron chi connectivity index (χ3n) is 1.32. The van der Waals surface area contributed by atoms with Crippen molar-refractivity contribution in [2.45, 2.75) is 26.2 Å². The van der Waals surface area contributed by atoms with Crippen LogP contribution in [-0.2, 0) is 11.2 Å². The van der Waals surface area contributed by atoms with Gasteiger partial charge in [-0.2, -0.15) is 5.21 Å². The lowest BCUT2D eigenvalue weighted by atomic mass is 10.2. The van der Waals surface area contributed by atoms with E-state index >= 15 is 0 Å². The standard InChI is InChI=1S/C6H10N4O/c1-5(11)3-2-4-6-7-9-10-8-6/h2-4H2,1H3,(H,7,8,9,10). The number of nitrogens with zero attached hydrogens (tertiary/aromatic N) is 3. The average Bonchev–Trinajstić information content (AvgIpc) is 2.39. The number of aromatic amines is 1. The highest BCUT2D eigenvalue weighted by atomic mass is 16.1. The number of carbonyl (C=O) groups excluding carboxylic acids is 1. The van der Waals surface area contributed by atoms with Gasteiger partial charge in [0.1, 0.15) is 5.78 Å². The number of ketones is 1. The molecule has 1 aromatic rings. The van der Waals surface area contributed by atoms with Crippen LogP contribution in [0.3, 0.4) is 0 Å². The predicted octanol–water partition coefficient (Wildman–Crippen LogP) is 0.111. The predicted molar refractivity (Wildman–Crippen MR) is 37.8 cm³/mol. The molecular weight excluding hydrogens is 144 g/mol. The van der Waals surface area contributed by atoms with Gasteiger partial charge in [-0.1, -0.05) is 5.21 Å². The van der Waals surface area contributed by atoms with Gasteiger partial charge in [-0.15, -0.1) is 10.2 Å². The zero-order chi connectivity index (χ0) is 8.10. The molecule has 0 aliphatic carbocycles. The first-order chi connectivity index (χ1) is 5.29. The third-order valence-corrected chi connectivity index (χ3v) is 1.32. The van der Waals surface area contributed by atoms with Crippen molar-refractivity contribution in [2.75, 3.05) is 0 Å². The minimum absolute atomic E-state index is 0.202. The highest BCUT2D eigenvalue weighted by molar-refractivity contribution is 5.75. The molecule has 0 saturated heterocycles. The van der Waals surface area contributed by atoms with E-state index in [0.717, 1.165) is 12.8 Å². The van der Waals surface area contributed by atoms with Crippen LogP contribution in [0.5, 0.6) is 0 Å². The zero-order valence-electron chi connectivity index (χ0n) is 6.37. The van der Waals surface area contributed by atoms with E-state index in [-0.39, 0.29) is 5.78 Å². The van der Waals surface area contributed by atoms with E-state index in [0.29, 0.717) is 12.2 Å². The second-order valence-corrected chi connectivity index (χ2v) is 2.38. The maximum atomic E-state index is 10.5. The number of aryl methyl sites for hydroxylation is 1. The number of hydrogen-bond acceptors (Lipinski definition) is 4. The van der Waals surface area contributed by atoms with Crippen LogP contribution in [0, 0.1) is 0 Å². The summed E-state index contributed by atoms with van der Waals surface area (Å²) in [7, 11) is 0. The van der Waals surface area contributed by atoms with Gasteiger partial charge in [0.2, 0.25) is 0 Å². The Morgan fingerprint density at radius 2 is 2.45 bits per heavy atom. The molecule has 5 heteroatoms. The highest BCUT2D eigenvalue weighted by Gasteiger charge is 1.98. The fourth-order valence-corrected chi connectivity index (χ4v) is 0.784. The second kappa shape index (κ2) is 3.80. The molecule has 0 amide bonds. The Morgan fingerprint density at radius 3 is 3.00 bits per heavy atom. The Kier molecular flexibility index (Phi) is 2.71. The Bertz CT molecular complexity index is 218. The molecule has 0 aliphatic heterocycles. The molecule has 1 rings (SSSR count). The SMILES string of the molecule is CC(=O)CCCc1nn[nH]n1. The summed E-state index contributed by atoms with van der Waals surface area (Å²) < 4.78 is 0.